The maximum atomic E-state index is 13.2. The van der Waals surface area contributed by atoms with Crippen molar-refractivity contribution in [3.63, 3.8) is 0 Å². The topological polar surface area (TPSA) is 26.0 Å². The van der Waals surface area contributed by atoms with Crippen LogP contribution in [0.15, 0.2) is 35.0 Å². The molecule has 1 nitrogen and oxygen atoms in total. The third kappa shape index (κ3) is 2.43. The van der Waals surface area contributed by atoms with Crippen LogP contribution in [0.25, 0.3) is 0 Å². The highest BCUT2D eigenvalue weighted by Crippen LogP contribution is 2.25. The van der Waals surface area contributed by atoms with Crippen LogP contribution in [-0.2, 0) is 6.42 Å². The standard InChI is InChI=1S/C12H11ClFNS/c13-12-8(2-1-3-10(12)14)6-11(15)9-4-5-16-7-9/h1-5,7,11H,6,15H2. The summed E-state index contributed by atoms with van der Waals surface area (Å²) in [6, 6.07) is 6.64. The monoisotopic (exact) mass is 255 g/mol. The molecule has 4 heteroatoms. The van der Waals surface area contributed by atoms with Crippen molar-refractivity contribution in [3.05, 3.63) is 57.0 Å². The summed E-state index contributed by atoms with van der Waals surface area (Å²) < 4.78 is 13.2. The number of hydrogen-bond acceptors (Lipinski definition) is 2. The number of nitrogens with two attached hydrogens (primary N) is 1. The third-order valence-electron chi connectivity index (χ3n) is 2.44. The fourth-order valence-electron chi connectivity index (χ4n) is 1.55. The zero-order valence-corrected chi connectivity index (χ0v) is 10.1. The average Bonchev–Trinajstić information content (AvgIpc) is 2.78. The Labute approximate surface area is 103 Å². The van der Waals surface area contributed by atoms with Gasteiger partial charge in [-0.15, -0.1) is 0 Å². The van der Waals surface area contributed by atoms with Crippen molar-refractivity contribution in [2.45, 2.75) is 12.5 Å². The number of halogens is 2. The first-order chi connectivity index (χ1) is 7.68. The quantitative estimate of drug-likeness (QED) is 0.887. The fraction of sp³-hybridized carbons (Fsp3) is 0.167. The Hall–Kier alpha value is -0.900. The molecule has 0 radical (unpaired) electrons. The molecule has 0 aliphatic heterocycles. The van der Waals surface area contributed by atoms with E-state index >= 15 is 0 Å². The Morgan fingerprint density at radius 2 is 2.19 bits per heavy atom. The molecule has 0 bridgehead atoms. The molecule has 1 aromatic carbocycles. The van der Waals surface area contributed by atoms with Crippen molar-refractivity contribution < 1.29 is 4.39 Å². The first-order valence-corrected chi connectivity index (χ1v) is 6.21. The van der Waals surface area contributed by atoms with Crippen molar-refractivity contribution in [1.29, 1.82) is 0 Å². The lowest BCUT2D eigenvalue weighted by Gasteiger charge is -2.11. The summed E-state index contributed by atoms with van der Waals surface area (Å²) in [5.74, 6) is -0.392. The lowest BCUT2D eigenvalue weighted by Crippen LogP contribution is -2.12. The zero-order valence-electron chi connectivity index (χ0n) is 8.49. The highest BCUT2D eigenvalue weighted by molar-refractivity contribution is 7.07. The Balaban J connectivity index is 2.18. The molecule has 0 aliphatic carbocycles. The Morgan fingerprint density at radius 3 is 2.88 bits per heavy atom. The molecule has 2 N–H and O–H groups in total. The highest BCUT2D eigenvalue weighted by Gasteiger charge is 2.11. The molecular formula is C12H11ClFNS. The molecule has 84 valence electrons. The lowest BCUT2D eigenvalue weighted by molar-refractivity contribution is 0.622. The van der Waals surface area contributed by atoms with Gasteiger partial charge in [-0.05, 0) is 40.4 Å². The minimum atomic E-state index is -0.392. The molecule has 1 aromatic heterocycles. The summed E-state index contributed by atoms with van der Waals surface area (Å²) in [6.07, 6.45) is 0.549. The largest absolute Gasteiger partial charge is 0.324 e. The molecule has 0 amide bonds. The van der Waals surface area contributed by atoms with Crippen LogP contribution in [0.1, 0.15) is 17.2 Å². The summed E-state index contributed by atoms with van der Waals surface area (Å²) in [5.41, 5.74) is 7.83. The van der Waals surface area contributed by atoms with E-state index in [-0.39, 0.29) is 11.1 Å². The van der Waals surface area contributed by atoms with Gasteiger partial charge in [-0.3, -0.25) is 0 Å². The van der Waals surface area contributed by atoms with Gasteiger partial charge in [-0.2, -0.15) is 11.3 Å². The molecule has 0 aliphatic rings. The molecule has 1 unspecified atom stereocenters. The molecule has 1 heterocycles. The van der Waals surface area contributed by atoms with E-state index < -0.39 is 5.82 Å². The van der Waals surface area contributed by atoms with Gasteiger partial charge in [-0.1, -0.05) is 23.7 Å². The molecule has 0 saturated heterocycles. The predicted molar refractivity (Wildman–Crippen MR) is 66.4 cm³/mol. The van der Waals surface area contributed by atoms with Gasteiger partial charge in [-0.25, -0.2) is 4.39 Å². The zero-order chi connectivity index (χ0) is 11.5. The maximum absolute atomic E-state index is 13.2. The van der Waals surface area contributed by atoms with Crippen molar-refractivity contribution in [3.8, 4) is 0 Å². The van der Waals surface area contributed by atoms with Crippen LogP contribution in [0.4, 0.5) is 4.39 Å². The molecule has 16 heavy (non-hydrogen) atoms. The average molecular weight is 256 g/mol. The van der Waals surface area contributed by atoms with Gasteiger partial charge in [0.25, 0.3) is 0 Å². The van der Waals surface area contributed by atoms with Crippen LogP contribution >= 0.6 is 22.9 Å². The summed E-state index contributed by atoms with van der Waals surface area (Å²) in [7, 11) is 0. The van der Waals surface area contributed by atoms with Crippen LogP contribution in [0.2, 0.25) is 5.02 Å². The predicted octanol–water partition coefficient (Wildman–Crippen LogP) is 3.78. The van der Waals surface area contributed by atoms with Crippen LogP contribution in [-0.4, -0.2) is 0 Å². The maximum Gasteiger partial charge on any atom is 0.142 e. The van der Waals surface area contributed by atoms with E-state index in [4.69, 9.17) is 17.3 Å². The number of hydrogen-bond donors (Lipinski definition) is 1. The van der Waals surface area contributed by atoms with E-state index in [2.05, 4.69) is 0 Å². The third-order valence-corrected chi connectivity index (χ3v) is 3.57. The van der Waals surface area contributed by atoms with Crippen molar-refractivity contribution in [2.24, 2.45) is 5.73 Å². The van der Waals surface area contributed by atoms with Gasteiger partial charge < -0.3 is 5.73 Å². The molecule has 2 rings (SSSR count). The minimum Gasteiger partial charge on any atom is -0.324 e. The first kappa shape index (κ1) is 11.6. The van der Waals surface area contributed by atoms with Gasteiger partial charge in [0.2, 0.25) is 0 Å². The molecule has 0 saturated carbocycles. The Morgan fingerprint density at radius 1 is 1.38 bits per heavy atom. The van der Waals surface area contributed by atoms with E-state index in [0.29, 0.717) is 6.42 Å². The summed E-state index contributed by atoms with van der Waals surface area (Å²) in [6.45, 7) is 0. The Kier molecular flexibility index (Phi) is 3.59. The summed E-state index contributed by atoms with van der Waals surface area (Å²) in [4.78, 5) is 0. The molecule has 1 atom stereocenters. The van der Waals surface area contributed by atoms with E-state index in [1.165, 1.54) is 6.07 Å². The highest BCUT2D eigenvalue weighted by atomic mass is 35.5. The molecule has 0 fully saturated rings. The second-order valence-electron chi connectivity index (χ2n) is 3.58. The smallest absolute Gasteiger partial charge is 0.142 e. The van der Waals surface area contributed by atoms with Crippen LogP contribution in [0, 0.1) is 5.82 Å². The van der Waals surface area contributed by atoms with Crippen LogP contribution < -0.4 is 5.73 Å². The van der Waals surface area contributed by atoms with Gasteiger partial charge in [0, 0.05) is 6.04 Å². The van der Waals surface area contributed by atoms with Crippen LogP contribution in [0.5, 0.6) is 0 Å². The van der Waals surface area contributed by atoms with E-state index in [1.54, 1.807) is 23.5 Å². The van der Waals surface area contributed by atoms with E-state index in [1.807, 2.05) is 16.8 Å². The Bertz CT molecular complexity index is 470. The molecule has 0 spiro atoms. The lowest BCUT2D eigenvalue weighted by atomic mass is 10.0. The van der Waals surface area contributed by atoms with E-state index in [0.717, 1.165) is 11.1 Å². The normalized spacial score (nSPS) is 12.7. The van der Waals surface area contributed by atoms with Gasteiger partial charge in [0.1, 0.15) is 5.82 Å². The van der Waals surface area contributed by atoms with Crippen molar-refractivity contribution >= 4 is 22.9 Å². The summed E-state index contributed by atoms with van der Waals surface area (Å²) >= 11 is 7.47. The van der Waals surface area contributed by atoms with Gasteiger partial charge >= 0.3 is 0 Å². The summed E-state index contributed by atoms with van der Waals surface area (Å²) in [5, 5.41) is 4.15. The van der Waals surface area contributed by atoms with Gasteiger partial charge in [0.15, 0.2) is 0 Å². The SMILES string of the molecule is NC(Cc1cccc(F)c1Cl)c1ccsc1. The van der Waals surface area contributed by atoms with Gasteiger partial charge in [0.05, 0.1) is 5.02 Å². The number of thiophene rings is 1. The van der Waals surface area contributed by atoms with Crippen molar-refractivity contribution in [1.82, 2.24) is 0 Å². The second-order valence-corrected chi connectivity index (χ2v) is 4.74. The van der Waals surface area contributed by atoms with E-state index in [9.17, 15) is 4.39 Å². The number of benzene rings is 1. The molecular weight excluding hydrogens is 245 g/mol. The second kappa shape index (κ2) is 4.95. The molecule has 2 aromatic rings. The number of rotatable bonds is 3. The minimum absolute atomic E-state index is 0.134. The fourth-order valence-corrected chi connectivity index (χ4v) is 2.47. The van der Waals surface area contributed by atoms with Crippen LogP contribution in [0.3, 0.4) is 0 Å². The van der Waals surface area contributed by atoms with Crippen molar-refractivity contribution in [2.75, 3.05) is 0 Å². The first-order valence-electron chi connectivity index (χ1n) is 4.89.